The summed E-state index contributed by atoms with van der Waals surface area (Å²) in [7, 11) is 0. The quantitative estimate of drug-likeness (QED) is 0.321. The first kappa shape index (κ1) is 14.0. The lowest BCUT2D eigenvalue weighted by molar-refractivity contribution is -0.156. The van der Waals surface area contributed by atoms with Gasteiger partial charge in [-0.05, 0) is 39.9 Å². The van der Waals surface area contributed by atoms with Crippen LogP contribution < -0.4 is 0 Å². The van der Waals surface area contributed by atoms with Gasteiger partial charge in [0.05, 0.1) is 5.16 Å². The Morgan fingerprint density at radius 3 is 2.47 bits per heavy atom. The standard InChI is InChI=1S/C11H17NO2S/c1-8(2)6-9(12-7-15)10(13)14-11(3,4)5/h9H,1,6H2,2-5H3. The Hall–Kier alpha value is -0.990. The fourth-order valence-electron chi connectivity index (χ4n) is 0.945. The van der Waals surface area contributed by atoms with Gasteiger partial charge in [0.1, 0.15) is 5.60 Å². The molecule has 3 nitrogen and oxygen atoms in total. The Labute approximate surface area is 96.2 Å². The van der Waals surface area contributed by atoms with Gasteiger partial charge in [0, 0.05) is 6.42 Å². The van der Waals surface area contributed by atoms with E-state index in [1.165, 1.54) is 0 Å². The summed E-state index contributed by atoms with van der Waals surface area (Å²) in [6.07, 6.45) is 0.443. The number of aliphatic imine (C=N–C) groups is 1. The fourth-order valence-corrected chi connectivity index (χ4v) is 1.07. The molecule has 4 heteroatoms. The molecule has 0 amide bonds. The van der Waals surface area contributed by atoms with Crippen LogP contribution in [0.2, 0.25) is 0 Å². The van der Waals surface area contributed by atoms with Crippen LogP contribution in [0.25, 0.3) is 0 Å². The van der Waals surface area contributed by atoms with Gasteiger partial charge < -0.3 is 4.74 Å². The molecule has 0 N–H and O–H groups in total. The van der Waals surface area contributed by atoms with Crippen molar-refractivity contribution in [2.45, 2.75) is 45.8 Å². The van der Waals surface area contributed by atoms with E-state index in [0.717, 1.165) is 5.57 Å². The third-order valence-electron chi connectivity index (χ3n) is 1.43. The summed E-state index contributed by atoms with van der Waals surface area (Å²) in [4.78, 5) is 15.4. The van der Waals surface area contributed by atoms with E-state index in [2.05, 4.69) is 29.0 Å². The maximum Gasteiger partial charge on any atom is 0.332 e. The van der Waals surface area contributed by atoms with Crippen molar-refractivity contribution < 1.29 is 9.53 Å². The van der Waals surface area contributed by atoms with Gasteiger partial charge in [0.2, 0.25) is 0 Å². The molecule has 0 saturated carbocycles. The second-order valence-electron chi connectivity index (χ2n) is 4.43. The third kappa shape index (κ3) is 7.00. The number of carbonyl (C=O) groups is 1. The molecule has 1 unspecified atom stereocenters. The van der Waals surface area contributed by atoms with Crippen LogP contribution in [-0.4, -0.2) is 22.8 Å². The second-order valence-corrected chi connectivity index (χ2v) is 4.61. The summed E-state index contributed by atoms with van der Waals surface area (Å²) in [6, 6.07) is -0.612. The van der Waals surface area contributed by atoms with Gasteiger partial charge in [-0.1, -0.05) is 5.57 Å². The fraction of sp³-hybridized carbons (Fsp3) is 0.636. The highest BCUT2D eigenvalue weighted by molar-refractivity contribution is 7.78. The number of rotatable bonds is 4. The summed E-state index contributed by atoms with van der Waals surface area (Å²) in [5.74, 6) is -0.386. The molecule has 0 fully saturated rings. The predicted octanol–water partition coefficient (Wildman–Crippen LogP) is 2.77. The largest absolute Gasteiger partial charge is 0.458 e. The highest BCUT2D eigenvalue weighted by Gasteiger charge is 2.24. The van der Waals surface area contributed by atoms with Crippen molar-refractivity contribution in [3.8, 4) is 0 Å². The normalized spacial score (nSPS) is 12.5. The molecule has 0 radical (unpaired) electrons. The lowest BCUT2D eigenvalue weighted by Gasteiger charge is -2.21. The number of esters is 1. The van der Waals surface area contributed by atoms with Gasteiger partial charge >= 0.3 is 5.97 Å². The molecule has 0 heterocycles. The molecular formula is C11H17NO2S. The van der Waals surface area contributed by atoms with Crippen molar-refractivity contribution in [3.63, 3.8) is 0 Å². The van der Waals surface area contributed by atoms with Crippen molar-refractivity contribution in [1.29, 1.82) is 0 Å². The van der Waals surface area contributed by atoms with Gasteiger partial charge in [-0.2, -0.15) is 0 Å². The number of ether oxygens (including phenoxy) is 1. The van der Waals surface area contributed by atoms with Crippen molar-refractivity contribution in [1.82, 2.24) is 0 Å². The average Bonchev–Trinajstić information content (AvgIpc) is 1.99. The summed E-state index contributed by atoms with van der Waals surface area (Å²) in [5.41, 5.74) is 0.348. The van der Waals surface area contributed by atoms with E-state index < -0.39 is 11.6 Å². The van der Waals surface area contributed by atoms with Crippen LogP contribution in [-0.2, 0) is 9.53 Å². The zero-order valence-corrected chi connectivity index (χ0v) is 10.5. The zero-order valence-electron chi connectivity index (χ0n) is 9.66. The molecule has 0 aromatic heterocycles. The summed E-state index contributed by atoms with van der Waals surface area (Å²) in [6.45, 7) is 11.0. The van der Waals surface area contributed by atoms with Crippen molar-refractivity contribution in [2.75, 3.05) is 0 Å². The van der Waals surface area contributed by atoms with E-state index in [-0.39, 0.29) is 5.97 Å². The predicted molar refractivity (Wildman–Crippen MR) is 64.1 cm³/mol. The molecule has 0 aliphatic carbocycles. The SMILES string of the molecule is C=C(C)CC(N=C=S)C(=O)OC(C)(C)C. The molecule has 15 heavy (non-hydrogen) atoms. The molecule has 0 bridgehead atoms. The maximum atomic E-state index is 11.6. The molecule has 0 rings (SSSR count). The number of hydrogen-bond donors (Lipinski definition) is 0. The smallest absolute Gasteiger partial charge is 0.332 e. The number of hydrogen-bond acceptors (Lipinski definition) is 4. The van der Waals surface area contributed by atoms with Crippen molar-refractivity contribution in [2.24, 2.45) is 4.99 Å². The molecule has 0 aliphatic heterocycles. The topological polar surface area (TPSA) is 38.7 Å². The zero-order chi connectivity index (χ0) is 12.1. The number of isothiocyanates is 1. The van der Waals surface area contributed by atoms with Crippen molar-refractivity contribution >= 4 is 23.3 Å². The first-order chi connectivity index (χ1) is 6.76. The van der Waals surface area contributed by atoms with Gasteiger partial charge in [-0.3, -0.25) is 0 Å². The van der Waals surface area contributed by atoms with E-state index in [9.17, 15) is 4.79 Å². The van der Waals surface area contributed by atoms with E-state index in [0.29, 0.717) is 6.42 Å². The molecular weight excluding hydrogens is 210 g/mol. The average molecular weight is 227 g/mol. The molecule has 0 aromatic carbocycles. The number of thiocarbonyl (C=S) groups is 1. The van der Waals surface area contributed by atoms with Crippen LogP contribution in [0.4, 0.5) is 0 Å². The minimum Gasteiger partial charge on any atom is -0.458 e. The molecule has 0 spiro atoms. The molecule has 1 atom stereocenters. The van der Waals surface area contributed by atoms with Crippen LogP contribution in [0.1, 0.15) is 34.1 Å². The highest BCUT2D eigenvalue weighted by atomic mass is 32.1. The van der Waals surface area contributed by atoms with Gasteiger partial charge in [-0.25, -0.2) is 9.79 Å². The van der Waals surface area contributed by atoms with E-state index in [1.807, 2.05) is 27.7 Å². The monoisotopic (exact) mass is 227 g/mol. The Kier molecular flexibility index (Phi) is 5.40. The molecule has 0 aliphatic rings. The molecule has 84 valence electrons. The Bertz CT molecular complexity index is 298. The number of nitrogens with zero attached hydrogens (tertiary/aromatic N) is 1. The van der Waals surface area contributed by atoms with Crippen molar-refractivity contribution in [3.05, 3.63) is 12.2 Å². The summed E-state index contributed by atoms with van der Waals surface area (Å²) in [5, 5.41) is 2.21. The Balaban J connectivity index is 4.56. The van der Waals surface area contributed by atoms with Gasteiger partial charge in [-0.15, -0.1) is 6.58 Å². The first-order valence-electron chi connectivity index (χ1n) is 4.70. The van der Waals surface area contributed by atoms with Crippen LogP contribution in [0.15, 0.2) is 17.1 Å². The van der Waals surface area contributed by atoms with Crippen LogP contribution >= 0.6 is 12.2 Å². The van der Waals surface area contributed by atoms with Crippen LogP contribution in [0.5, 0.6) is 0 Å². The lowest BCUT2D eigenvalue weighted by Crippen LogP contribution is -2.31. The maximum absolute atomic E-state index is 11.6. The van der Waals surface area contributed by atoms with E-state index in [1.54, 1.807) is 0 Å². The minimum atomic E-state index is -0.612. The highest BCUT2D eigenvalue weighted by Crippen LogP contribution is 2.13. The molecule has 0 aromatic rings. The minimum absolute atomic E-state index is 0.386. The van der Waals surface area contributed by atoms with Crippen LogP contribution in [0, 0.1) is 0 Å². The summed E-state index contributed by atoms with van der Waals surface area (Å²) < 4.78 is 5.19. The Morgan fingerprint density at radius 1 is 1.60 bits per heavy atom. The van der Waals surface area contributed by atoms with E-state index in [4.69, 9.17) is 4.74 Å². The van der Waals surface area contributed by atoms with Gasteiger partial charge in [0.15, 0.2) is 6.04 Å². The lowest BCUT2D eigenvalue weighted by atomic mass is 10.1. The summed E-state index contributed by atoms with van der Waals surface area (Å²) >= 11 is 4.49. The first-order valence-corrected chi connectivity index (χ1v) is 5.11. The Morgan fingerprint density at radius 2 is 2.13 bits per heavy atom. The number of carbonyl (C=O) groups excluding carboxylic acids is 1. The van der Waals surface area contributed by atoms with Gasteiger partial charge in [0.25, 0.3) is 0 Å². The van der Waals surface area contributed by atoms with Crippen LogP contribution in [0.3, 0.4) is 0 Å². The van der Waals surface area contributed by atoms with E-state index >= 15 is 0 Å². The second kappa shape index (κ2) is 5.79. The third-order valence-corrected chi connectivity index (χ3v) is 1.53. The molecule has 0 saturated heterocycles.